The molecule has 1 fully saturated rings. The molecule has 0 radical (unpaired) electrons. The fraction of sp³-hybridized carbons (Fsp3) is 0.316. The second-order valence-corrected chi connectivity index (χ2v) is 7.79. The van der Waals surface area contributed by atoms with Gasteiger partial charge >= 0.3 is 0 Å². The molecule has 1 atom stereocenters. The van der Waals surface area contributed by atoms with Crippen molar-refractivity contribution in [3.05, 3.63) is 45.6 Å². The SMILES string of the molecule is CC(=O)Nc1ccc(NC(=O)C2CCCN(C(=O)c3cccs3)C2)c(Cl)c1. The van der Waals surface area contributed by atoms with Crippen molar-refractivity contribution in [1.82, 2.24) is 4.90 Å². The Morgan fingerprint density at radius 2 is 2.04 bits per heavy atom. The number of carbonyl (C=O) groups excluding carboxylic acids is 3. The van der Waals surface area contributed by atoms with Gasteiger partial charge in [-0.1, -0.05) is 17.7 Å². The molecule has 1 aliphatic rings. The number of hydrogen-bond acceptors (Lipinski definition) is 4. The lowest BCUT2D eigenvalue weighted by Crippen LogP contribution is -2.43. The van der Waals surface area contributed by atoms with Crippen molar-refractivity contribution in [2.24, 2.45) is 5.92 Å². The number of amides is 3. The molecular formula is C19H20ClN3O3S. The third-order valence-electron chi connectivity index (χ3n) is 4.36. The Bertz CT molecular complexity index is 854. The van der Waals surface area contributed by atoms with Crippen molar-refractivity contribution in [3.63, 3.8) is 0 Å². The largest absolute Gasteiger partial charge is 0.337 e. The van der Waals surface area contributed by atoms with E-state index in [2.05, 4.69) is 10.6 Å². The number of thiophene rings is 1. The first-order valence-corrected chi connectivity index (χ1v) is 9.90. The molecule has 0 bridgehead atoms. The van der Waals surface area contributed by atoms with Crippen LogP contribution in [-0.4, -0.2) is 35.7 Å². The second kappa shape index (κ2) is 8.54. The first-order chi connectivity index (χ1) is 12.9. The molecule has 8 heteroatoms. The number of carbonyl (C=O) groups is 3. The maximum Gasteiger partial charge on any atom is 0.263 e. The molecule has 1 unspecified atom stereocenters. The van der Waals surface area contributed by atoms with Gasteiger partial charge in [-0.2, -0.15) is 0 Å². The van der Waals surface area contributed by atoms with Crippen molar-refractivity contribution < 1.29 is 14.4 Å². The average molecular weight is 406 g/mol. The van der Waals surface area contributed by atoms with E-state index in [1.54, 1.807) is 29.2 Å². The maximum atomic E-state index is 12.7. The molecule has 2 N–H and O–H groups in total. The lowest BCUT2D eigenvalue weighted by atomic mass is 9.97. The van der Waals surface area contributed by atoms with E-state index < -0.39 is 0 Å². The smallest absolute Gasteiger partial charge is 0.263 e. The van der Waals surface area contributed by atoms with Crippen LogP contribution in [0.5, 0.6) is 0 Å². The molecule has 2 aromatic rings. The van der Waals surface area contributed by atoms with E-state index in [0.717, 1.165) is 12.8 Å². The fourth-order valence-electron chi connectivity index (χ4n) is 3.06. The third-order valence-corrected chi connectivity index (χ3v) is 5.53. The van der Waals surface area contributed by atoms with E-state index in [1.165, 1.54) is 18.3 Å². The maximum absolute atomic E-state index is 12.7. The third kappa shape index (κ3) is 4.87. The van der Waals surface area contributed by atoms with E-state index in [4.69, 9.17) is 11.6 Å². The molecule has 2 heterocycles. The summed E-state index contributed by atoms with van der Waals surface area (Å²) < 4.78 is 0. The number of nitrogens with one attached hydrogen (secondary N) is 2. The van der Waals surface area contributed by atoms with Gasteiger partial charge < -0.3 is 15.5 Å². The van der Waals surface area contributed by atoms with E-state index in [-0.39, 0.29) is 23.6 Å². The van der Waals surface area contributed by atoms with Gasteiger partial charge in [0.05, 0.1) is 21.5 Å². The molecule has 27 heavy (non-hydrogen) atoms. The molecule has 0 spiro atoms. The monoisotopic (exact) mass is 405 g/mol. The number of rotatable bonds is 4. The topological polar surface area (TPSA) is 78.5 Å². The number of halogens is 1. The number of anilines is 2. The summed E-state index contributed by atoms with van der Waals surface area (Å²) in [6.07, 6.45) is 1.51. The van der Waals surface area contributed by atoms with Crippen LogP contribution in [0.4, 0.5) is 11.4 Å². The van der Waals surface area contributed by atoms with Gasteiger partial charge in [0.15, 0.2) is 0 Å². The highest BCUT2D eigenvalue weighted by Gasteiger charge is 2.29. The van der Waals surface area contributed by atoms with Crippen LogP contribution < -0.4 is 10.6 Å². The molecule has 1 aliphatic heterocycles. The summed E-state index contributed by atoms with van der Waals surface area (Å²) in [5, 5.41) is 7.69. The molecule has 0 aliphatic carbocycles. The van der Waals surface area contributed by atoms with Crippen LogP contribution >= 0.6 is 22.9 Å². The number of likely N-dealkylation sites (tertiary alicyclic amines) is 1. The van der Waals surface area contributed by atoms with Gasteiger partial charge in [0.2, 0.25) is 11.8 Å². The van der Waals surface area contributed by atoms with Gasteiger partial charge in [-0.25, -0.2) is 0 Å². The van der Waals surface area contributed by atoms with E-state index >= 15 is 0 Å². The Labute approximate surface area is 166 Å². The molecule has 3 amide bonds. The molecule has 1 aromatic heterocycles. The van der Waals surface area contributed by atoms with Crippen LogP contribution in [0.2, 0.25) is 5.02 Å². The predicted octanol–water partition coefficient (Wildman–Crippen LogP) is 3.85. The molecular weight excluding hydrogens is 386 g/mol. The molecule has 3 rings (SSSR count). The minimum atomic E-state index is -0.284. The number of piperidine rings is 1. The fourth-order valence-corrected chi connectivity index (χ4v) is 3.98. The Kier molecular flexibility index (Phi) is 6.13. The highest BCUT2D eigenvalue weighted by molar-refractivity contribution is 7.12. The van der Waals surface area contributed by atoms with Gasteiger partial charge in [-0.15, -0.1) is 11.3 Å². The Balaban J connectivity index is 1.64. The lowest BCUT2D eigenvalue weighted by molar-refractivity contribution is -0.121. The summed E-state index contributed by atoms with van der Waals surface area (Å²) in [4.78, 5) is 38.7. The summed E-state index contributed by atoms with van der Waals surface area (Å²) in [6, 6.07) is 8.57. The minimum absolute atomic E-state index is 0.0276. The summed E-state index contributed by atoms with van der Waals surface area (Å²) in [5.74, 6) is -0.664. The predicted molar refractivity (Wildman–Crippen MR) is 107 cm³/mol. The van der Waals surface area contributed by atoms with E-state index in [1.807, 2.05) is 11.4 Å². The van der Waals surface area contributed by atoms with E-state index in [0.29, 0.717) is 34.4 Å². The van der Waals surface area contributed by atoms with Crippen molar-refractivity contribution in [3.8, 4) is 0 Å². The minimum Gasteiger partial charge on any atom is -0.337 e. The van der Waals surface area contributed by atoms with Gasteiger partial charge in [-0.3, -0.25) is 14.4 Å². The van der Waals surface area contributed by atoms with Gasteiger partial charge in [0.25, 0.3) is 5.91 Å². The van der Waals surface area contributed by atoms with Gasteiger partial charge in [0, 0.05) is 25.7 Å². The summed E-state index contributed by atoms with van der Waals surface area (Å²) in [5.41, 5.74) is 1.05. The standard InChI is InChI=1S/C19H20ClN3O3S/c1-12(24)21-14-6-7-16(15(20)10-14)22-18(25)13-4-2-8-23(11-13)19(26)17-5-3-9-27-17/h3,5-7,9-10,13H,2,4,8,11H2,1H3,(H,21,24)(H,22,25). The Morgan fingerprint density at radius 3 is 2.70 bits per heavy atom. The molecule has 0 saturated carbocycles. The Hall–Kier alpha value is -2.38. The molecule has 6 nitrogen and oxygen atoms in total. The van der Waals surface area contributed by atoms with Crippen LogP contribution in [-0.2, 0) is 9.59 Å². The van der Waals surface area contributed by atoms with Crippen LogP contribution in [0.15, 0.2) is 35.7 Å². The summed E-state index contributed by atoms with van der Waals surface area (Å²) >= 11 is 7.62. The normalized spacial score (nSPS) is 16.7. The van der Waals surface area contributed by atoms with Gasteiger partial charge in [0.1, 0.15) is 0 Å². The molecule has 1 saturated heterocycles. The molecule has 1 aromatic carbocycles. The van der Waals surface area contributed by atoms with Crippen LogP contribution in [0.25, 0.3) is 0 Å². The number of nitrogens with zero attached hydrogens (tertiary/aromatic N) is 1. The zero-order valence-corrected chi connectivity index (χ0v) is 16.4. The van der Waals surface area contributed by atoms with Crippen LogP contribution in [0.1, 0.15) is 29.4 Å². The highest BCUT2D eigenvalue weighted by atomic mass is 35.5. The quantitative estimate of drug-likeness (QED) is 0.810. The molecule has 142 valence electrons. The van der Waals surface area contributed by atoms with E-state index in [9.17, 15) is 14.4 Å². The second-order valence-electron chi connectivity index (χ2n) is 6.43. The summed E-state index contributed by atoms with van der Waals surface area (Å²) in [6.45, 7) is 2.47. The summed E-state index contributed by atoms with van der Waals surface area (Å²) in [7, 11) is 0. The zero-order chi connectivity index (χ0) is 19.4. The average Bonchev–Trinajstić information content (AvgIpc) is 3.17. The highest BCUT2D eigenvalue weighted by Crippen LogP contribution is 2.27. The van der Waals surface area contributed by atoms with Crippen molar-refractivity contribution in [1.29, 1.82) is 0 Å². The van der Waals surface area contributed by atoms with Crippen molar-refractivity contribution >= 4 is 52.0 Å². The van der Waals surface area contributed by atoms with Gasteiger partial charge in [-0.05, 0) is 42.5 Å². The first-order valence-electron chi connectivity index (χ1n) is 8.65. The first kappa shape index (κ1) is 19.4. The number of hydrogen-bond donors (Lipinski definition) is 2. The Morgan fingerprint density at radius 1 is 1.22 bits per heavy atom. The van der Waals surface area contributed by atoms with Crippen LogP contribution in [0.3, 0.4) is 0 Å². The lowest BCUT2D eigenvalue weighted by Gasteiger charge is -2.31. The van der Waals surface area contributed by atoms with Crippen LogP contribution in [0, 0.1) is 5.92 Å². The number of benzene rings is 1. The zero-order valence-electron chi connectivity index (χ0n) is 14.8. The van der Waals surface area contributed by atoms with Crippen molar-refractivity contribution in [2.45, 2.75) is 19.8 Å². The van der Waals surface area contributed by atoms with Crippen molar-refractivity contribution in [2.75, 3.05) is 23.7 Å².